The Morgan fingerprint density at radius 2 is 2.24 bits per heavy atom. The summed E-state index contributed by atoms with van der Waals surface area (Å²) in [5.41, 5.74) is 0.492. The van der Waals surface area contributed by atoms with E-state index in [0.29, 0.717) is 18.7 Å². The Morgan fingerprint density at radius 3 is 2.95 bits per heavy atom. The van der Waals surface area contributed by atoms with Gasteiger partial charge in [-0.15, -0.1) is 16.4 Å². The number of carboxylic acid groups (broad SMARTS) is 1. The maximum atomic E-state index is 11.5. The van der Waals surface area contributed by atoms with Crippen LogP contribution in [-0.2, 0) is 24.3 Å². The highest BCUT2D eigenvalue weighted by molar-refractivity contribution is 7.09. The van der Waals surface area contributed by atoms with Crippen molar-refractivity contribution in [1.29, 1.82) is 0 Å². The molecule has 2 aromatic heterocycles. The van der Waals surface area contributed by atoms with Gasteiger partial charge in [0.05, 0.1) is 17.7 Å². The van der Waals surface area contributed by atoms with E-state index in [1.54, 1.807) is 17.5 Å². The van der Waals surface area contributed by atoms with Crippen molar-refractivity contribution in [1.82, 2.24) is 30.6 Å². The monoisotopic (exact) mass is 310 g/mol. The van der Waals surface area contributed by atoms with E-state index in [1.165, 1.54) is 10.9 Å². The van der Waals surface area contributed by atoms with Gasteiger partial charge in [-0.3, -0.25) is 4.79 Å². The predicted octanol–water partition coefficient (Wildman–Crippen LogP) is -0.139. The number of nitrogens with zero attached hydrogens (tertiary/aromatic N) is 4. The number of carbonyl (C=O) groups is 2. The average molecular weight is 310 g/mol. The minimum Gasteiger partial charge on any atom is -0.480 e. The SMILES string of the molecule is O=C(O)Cn1cc(CNC(=O)NCCc2nccs2)nn1. The Morgan fingerprint density at radius 1 is 1.38 bits per heavy atom. The molecule has 0 aliphatic rings. The number of nitrogens with one attached hydrogen (secondary N) is 2. The number of hydrogen-bond acceptors (Lipinski definition) is 6. The number of amides is 2. The molecule has 0 atom stereocenters. The van der Waals surface area contributed by atoms with Gasteiger partial charge in [0.25, 0.3) is 0 Å². The number of aliphatic carboxylic acids is 1. The fourth-order valence-electron chi connectivity index (χ4n) is 1.53. The molecular formula is C11H14N6O3S. The smallest absolute Gasteiger partial charge is 0.325 e. The molecule has 0 aromatic carbocycles. The Balaban J connectivity index is 1.66. The van der Waals surface area contributed by atoms with Crippen molar-refractivity contribution in [2.24, 2.45) is 0 Å². The second-order valence-electron chi connectivity index (χ2n) is 4.09. The first kappa shape index (κ1) is 14.9. The molecule has 0 spiro atoms. The molecule has 0 bridgehead atoms. The Hall–Kier alpha value is -2.49. The van der Waals surface area contributed by atoms with Gasteiger partial charge >= 0.3 is 12.0 Å². The quantitative estimate of drug-likeness (QED) is 0.654. The Kier molecular flexibility index (Phi) is 5.21. The van der Waals surface area contributed by atoms with Crippen LogP contribution in [-0.4, -0.2) is 43.6 Å². The van der Waals surface area contributed by atoms with E-state index >= 15 is 0 Å². The van der Waals surface area contributed by atoms with Crippen LogP contribution in [0.4, 0.5) is 4.79 Å². The van der Waals surface area contributed by atoms with Gasteiger partial charge in [-0.2, -0.15) is 0 Å². The molecule has 0 saturated carbocycles. The van der Waals surface area contributed by atoms with Crippen LogP contribution < -0.4 is 10.6 Å². The average Bonchev–Trinajstić information content (AvgIpc) is 3.07. The van der Waals surface area contributed by atoms with Crippen LogP contribution in [0.2, 0.25) is 0 Å². The predicted molar refractivity (Wildman–Crippen MR) is 73.7 cm³/mol. The van der Waals surface area contributed by atoms with Gasteiger partial charge in [0.2, 0.25) is 0 Å². The first-order chi connectivity index (χ1) is 10.1. The lowest BCUT2D eigenvalue weighted by molar-refractivity contribution is -0.137. The number of rotatable bonds is 7. The number of carbonyl (C=O) groups excluding carboxylic acids is 1. The summed E-state index contributed by atoms with van der Waals surface area (Å²) in [6, 6.07) is -0.320. The normalized spacial score (nSPS) is 10.3. The van der Waals surface area contributed by atoms with Gasteiger partial charge in [0, 0.05) is 24.5 Å². The summed E-state index contributed by atoms with van der Waals surface area (Å²) in [5.74, 6) is -1.00. The second-order valence-corrected chi connectivity index (χ2v) is 5.07. The topological polar surface area (TPSA) is 122 Å². The van der Waals surface area contributed by atoms with Crippen LogP contribution in [0.3, 0.4) is 0 Å². The van der Waals surface area contributed by atoms with Gasteiger partial charge in [-0.05, 0) is 0 Å². The first-order valence-corrected chi connectivity index (χ1v) is 7.02. The fraction of sp³-hybridized carbons (Fsp3) is 0.364. The zero-order valence-corrected chi connectivity index (χ0v) is 11.8. The van der Waals surface area contributed by atoms with E-state index in [4.69, 9.17) is 5.11 Å². The maximum Gasteiger partial charge on any atom is 0.325 e. The second kappa shape index (κ2) is 7.33. The van der Waals surface area contributed by atoms with E-state index in [9.17, 15) is 9.59 Å². The highest BCUT2D eigenvalue weighted by Gasteiger charge is 2.06. The highest BCUT2D eigenvalue weighted by atomic mass is 32.1. The van der Waals surface area contributed by atoms with E-state index in [-0.39, 0.29) is 19.1 Å². The van der Waals surface area contributed by atoms with Crippen LogP contribution in [0.25, 0.3) is 0 Å². The van der Waals surface area contributed by atoms with Crippen molar-refractivity contribution in [3.63, 3.8) is 0 Å². The Labute approximate surface area is 124 Å². The highest BCUT2D eigenvalue weighted by Crippen LogP contribution is 2.03. The van der Waals surface area contributed by atoms with Crippen molar-refractivity contribution in [3.05, 3.63) is 28.5 Å². The van der Waals surface area contributed by atoms with Gasteiger partial charge in [-0.1, -0.05) is 5.21 Å². The van der Waals surface area contributed by atoms with Gasteiger partial charge in [0.1, 0.15) is 12.2 Å². The van der Waals surface area contributed by atoms with E-state index in [2.05, 4.69) is 25.9 Å². The Bertz CT molecular complexity index is 597. The van der Waals surface area contributed by atoms with Gasteiger partial charge < -0.3 is 15.7 Å². The third-order valence-corrected chi connectivity index (χ3v) is 3.26. The molecule has 0 fully saturated rings. The lowest BCUT2D eigenvalue weighted by atomic mass is 10.4. The molecule has 112 valence electrons. The molecule has 2 aromatic rings. The fourth-order valence-corrected chi connectivity index (χ4v) is 2.15. The molecule has 0 aliphatic carbocycles. The third-order valence-electron chi connectivity index (χ3n) is 2.42. The number of urea groups is 1. The van der Waals surface area contributed by atoms with Crippen LogP contribution in [0.5, 0.6) is 0 Å². The zero-order chi connectivity index (χ0) is 15.1. The summed E-state index contributed by atoms with van der Waals surface area (Å²) in [6.45, 7) is 0.417. The molecule has 9 nitrogen and oxygen atoms in total. The first-order valence-electron chi connectivity index (χ1n) is 6.14. The lowest BCUT2D eigenvalue weighted by Gasteiger charge is -2.04. The molecule has 0 unspecified atom stereocenters. The summed E-state index contributed by atoms with van der Waals surface area (Å²) in [7, 11) is 0. The maximum absolute atomic E-state index is 11.5. The number of thiazole rings is 1. The molecule has 10 heteroatoms. The summed E-state index contributed by atoms with van der Waals surface area (Å²) < 4.78 is 1.19. The summed E-state index contributed by atoms with van der Waals surface area (Å²) in [4.78, 5) is 26.1. The molecule has 3 N–H and O–H groups in total. The zero-order valence-electron chi connectivity index (χ0n) is 11.0. The number of hydrogen-bond donors (Lipinski definition) is 3. The minimum absolute atomic E-state index is 0.183. The van der Waals surface area contributed by atoms with Crippen LogP contribution >= 0.6 is 11.3 Å². The third kappa shape index (κ3) is 5.18. The van der Waals surface area contributed by atoms with Crippen molar-refractivity contribution in [2.75, 3.05) is 6.54 Å². The van der Waals surface area contributed by atoms with Gasteiger partial charge in [0.15, 0.2) is 0 Å². The van der Waals surface area contributed by atoms with Crippen LogP contribution in [0, 0.1) is 0 Å². The van der Waals surface area contributed by atoms with Crippen LogP contribution in [0.1, 0.15) is 10.7 Å². The van der Waals surface area contributed by atoms with E-state index < -0.39 is 5.97 Å². The molecular weight excluding hydrogens is 296 g/mol. The molecule has 2 heterocycles. The van der Waals surface area contributed by atoms with Gasteiger partial charge in [-0.25, -0.2) is 14.5 Å². The van der Waals surface area contributed by atoms with Crippen molar-refractivity contribution in [2.45, 2.75) is 19.5 Å². The summed E-state index contributed by atoms with van der Waals surface area (Å²) in [5, 5.41) is 24.2. The molecule has 2 amide bonds. The van der Waals surface area contributed by atoms with Crippen molar-refractivity contribution in [3.8, 4) is 0 Å². The van der Waals surface area contributed by atoms with Crippen LogP contribution in [0.15, 0.2) is 17.8 Å². The molecule has 2 rings (SSSR count). The standard InChI is InChI=1S/C11H14N6O3S/c18-10(19)7-17-6-8(15-16-17)5-14-11(20)13-2-1-9-12-3-4-21-9/h3-4,6H,1-2,5,7H2,(H,18,19)(H2,13,14,20). The minimum atomic E-state index is -1.00. The lowest BCUT2D eigenvalue weighted by Crippen LogP contribution is -2.36. The molecule has 0 saturated heterocycles. The largest absolute Gasteiger partial charge is 0.480 e. The van der Waals surface area contributed by atoms with E-state index in [0.717, 1.165) is 5.01 Å². The molecule has 21 heavy (non-hydrogen) atoms. The van der Waals surface area contributed by atoms with E-state index in [1.807, 2.05) is 5.38 Å². The molecule has 0 radical (unpaired) electrons. The van der Waals surface area contributed by atoms with Crippen molar-refractivity contribution >= 4 is 23.3 Å². The van der Waals surface area contributed by atoms with Crippen molar-refractivity contribution < 1.29 is 14.7 Å². The summed E-state index contributed by atoms with van der Waals surface area (Å²) >= 11 is 1.54. The summed E-state index contributed by atoms with van der Waals surface area (Å²) in [6.07, 6.45) is 3.88. The number of carboxylic acids is 1. The number of aromatic nitrogens is 4. The molecule has 0 aliphatic heterocycles.